The van der Waals surface area contributed by atoms with Crippen LogP contribution < -0.4 is 39.7 Å². The Morgan fingerprint density at radius 2 is 2.27 bits per heavy atom. The van der Waals surface area contributed by atoms with E-state index in [-0.39, 0.29) is 40.0 Å². The van der Waals surface area contributed by atoms with Gasteiger partial charge in [0.25, 0.3) is 0 Å². The van der Waals surface area contributed by atoms with Crippen LogP contribution in [0.4, 0.5) is 0 Å². The first-order valence-corrected chi connectivity index (χ1v) is 3.02. The number of hydrogen-bond donors (Lipinski definition) is 2. The smallest absolute Gasteiger partial charge is 0.0921 e. The van der Waals surface area contributed by atoms with Crippen molar-refractivity contribution in [2.24, 2.45) is 5.73 Å². The normalized spacial score (nSPS) is 11.1. The molecule has 0 radical (unpaired) electrons. The molecule has 3 nitrogen and oxygen atoms in total. The third kappa shape index (κ3) is 5.41. The van der Waals surface area contributed by atoms with Crippen LogP contribution in [-0.2, 0) is 6.42 Å². The van der Waals surface area contributed by atoms with Gasteiger partial charge in [-0.05, 0) is 6.92 Å². The Balaban J connectivity index is 0. The van der Waals surface area contributed by atoms with E-state index in [0.717, 1.165) is 12.1 Å². The van der Waals surface area contributed by atoms with Crippen molar-refractivity contribution in [2.75, 3.05) is 0 Å². The Labute approximate surface area is 87.3 Å². The van der Waals surface area contributed by atoms with Gasteiger partial charge in [-0.3, -0.25) is 0 Å². The summed E-state index contributed by atoms with van der Waals surface area (Å²) < 4.78 is 0. The van der Waals surface area contributed by atoms with E-state index in [0.29, 0.717) is 0 Å². The summed E-state index contributed by atoms with van der Waals surface area (Å²) >= 11 is 0. The number of hydrogen-bond acceptors (Lipinski definition) is 2. The second kappa shape index (κ2) is 6.82. The summed E-state index contributed by atoms with van der Waals surface area (Å²) in [5.41, 5.74) is 6.64. The lowest BCUT2D eigenvalue weighted by atomic mass is 10.2. The van der Waals surface area contributed by atoms with Crippen molar-refractivity contribution >= 4 is 0 Å². The van der Waals surface area contributed by atoms with Gasteiger partial charge in [0.2, 0.25) is 0 Å². The quantitative estimate of drug-likeness (QED) is 0.569. The van der Waals surface area contributed by atoms with Crippen LogP contribution >= 0.6 is 0 Å². The Kier molecular flexibility index (Phi) is 8.49. The zero-order valence-electron chi connectivity index (χ0n) is 6.22. The molecule has 11 heavy (non-hydrogen) atoms. The van der Waals surface area contributed by atoms with Crippen LogP contribution in [0.2, 0.25) is 0 Å². The Hall–Kier alpha value is 0.130. The highest BCUT2D eigenvalue weighted by Crippen LogP contribution is 1.93. The van der Waals surface area contributed by atoms with Crippen LogP contribution in [0.1, 0.15) is 12.6 Å². The van der Waals surface area contributed by atoms with Crippen LogP contribution in [0, 0.1) is 0 Å². The third-order valence-electron chi connectivity index (χ3n) is 1.10. The highest BCUT2D eigenvalue weighted by molar-refractivity contribution is 4.95. The van der Waals surface area contributed by atoms with Gasteiger partial charge in [-0.1, -0.05) is 0 Å². The molecular weight excluding hydrogens is 274 g/mol. The van der Waals surface area contributed by atoms with Crippen molar-refractivity contribution < 1.29 is 34.0 Å². The number of halogens is 2. The molecule has 1 aromatic rings. The van der Waals surface area contributed by atoms with Gasteiger partial charge in [-0.15, -0.1) is 0 Å². The van der Waals surface area contributed by atoms with Gasteiger partial charge in [0.05, 0.1) is 6.33 Å². The molecule has 3 N–H and O–H groups in total. The van der Waals surface area contributed by atoms with Crippen molar-refractivity contribution in [3.8, 4) is 0 Å². The first-order valence-electron chi connectivity index (χ1n) is 3.02. The first kappa shape index (κ1) is 13.7. The van der Waals surface area contributed by atoms with E-state index >= 15 is 0 Å². The standard InChI is InChI=1S/C6H11N3.2BrH/c1-5(7)2-6-3-8-4-9-6;;/h3-5H,2,7H2,1H3,(H,8,9);2*1H/p-2/t5-;;/m1../s1. The van der Waals surface area contributed by atoms with Gasteiger partial charge < -0.3 is 44.7 Å². The monoisotopic (exact) mass is 283 g/mol. The van der Waals surface area contributed by atoms with Gasteiger partial charge in [0, 0.05) is 24.4 Å². The molecule has 0 aromatic carbocycles. The van der Waals surface area contributed by atoms with Crippen molar-refractivity contribution in [3.05, 3.63) is 18.2 Å². The second-order valence-corrected chi connectivity index (χ2v) is 2.26. The number of nitrogens with zero attached hydrogens (tertiary/aromatic N) is 1. The average molecular weight is 285 g/mol. The minimum Gasteiger partial charge on any atom is -1.00 e. The maximum absolute atomic E-state index is 5.54. The van der Waals surface area contributed by atoms with Crippen LogP contribution in [-0.4, -0.2) is 16.0 Å². The molecule has 0 saturated carbocycles. The maximum Gasteiger partial charge on any atom is 0.0921 e. The van der Waals surface area contributed by atoms with Gasteiger partial charge in [0.1, 0.15) is 0 Å². The number of imidazole rings is 1. The van der Waals surface area contributed by atoms with Gasteiger partial charge in [-0.2, -0.15) is 0 Å². The number of nitrogens with two attached hydrogens (primary N) is 1. The fourth-order valence-corrected chi connectivity index (χ4v) is 0.743. The van der Waals surface area contributed by atoms with E-state index in [1.165, 1.54) is 0 Å². The topological polar surface area (TPSA) is 54.7 Å². The van der Waals surface area contributed by atoms with Crippen molar-refractivity contribution in [3.63, 3.8) is 0 Å². The molecule has 1 heterocycles. The number of aromatic nitrogens is 2. The van der Waals surface area contributed by atoms with E-state index in [9.17, 15) is 0 Å². The predicted molar refractivity (Wildman–Crippen MR) is 35.9 cm³/mol. The molecule has 0 saturated heterocycles. The summed E-state index contributed by atoms with van der Waals surface area (Å²) in [4.78, 5) is 6.84. The summed E-state index contributed by atoms with van der Waals surface area (Å²) in [5.74, 6) is 0. The molecular formula is C6H11Br2N3-2. The van der Waals surface area contributed by atoms with E-state index in [4.69, 9.17) is 5.73 Å². The van der Waals surface area contributed by atoms with Crippen molar-refractivity contribution in [1.82, 2.24) is 9.97 Å². The molecule has 66 valence electrons. The third-order valence-corrected chi connectivity index (χ3v) is 1.10. The van der Waals surface area contributed by atoms with E-state index in [2.05, 4.69) is 9.97 Å². The summed E-state index contributed by atoms with van der Waals surface area (Å²) in [6, 6.07) is 0.213. The maximum atomic E-state index is 5.54. The van der Waals surface area contributed by atoms with E-state index in [1.54, 1.807) is 12.5 Å². The van der Waals surface area contributed by atoms with E-state index < -0.39 is 0 Å². The molecule has 0 spiro atoms. The Bertz CT molecular complexity index is 162. The number of H-pyrrole nitrogens is 1. The summed E-state index contributed by atoms with van der Waals surface area (Å²) in [5, 5.41) is 0. The summed E-state index contributed by atoms with van der Waals surface area (Å²) in [6.07, 6.45) is 4.33. The van der Waals surface area contributed by atoms with E-state index in [1.807, 2.05) is 6.92 Å². The van der Waals surface area contributed by atoms with Gasteiger partial charge in [0.15, 0.2) is 0 Å². The molecule has 0 bridgehead atoms. The predicted octanol–water partition coefficient (Wildman–Crippen LogP) is -5.69. The molecule has 1 aromatic heterocycles. The molecule has 0 aliphatic rings. The number of nitrogens with one attached hydrogen (secondary N) is 1. The lowest BCUT2D eigenvalue weighted by Gasteiger charge is -1.99. The Morgan fingerprint density at radius 1 is 1.64 bits per heavy atom. The molecule has 0 amide bonds. The highest BCUT2D eigenvalue weighted by Gasteiger charge is 1.96. The lowest BCUT2D eigenvalue weighted by molar-refractivity contribution is -0.001000. The van der Waals surface area contributed by atoms with Crippen LogP contribution in [0.25, 0.3) is 0 Å². The molecule has 5 heteroatoms. The van der Waals surface area contributed by atoms with Crippen LogP contribution in [0.5, 0.6) is 0 Å². The minimum atomic E-state index is 0. The van der Waals surface area contributed by atoms with Crippen LogP contribution in [0.3, 0.4) is 0 Å². The highest BCUT2D eigenvalue weighted by atomic mass is 79.9. The Morgan fingerprint density at radius 3 is 2.64 bits per heavy atom. The van der Waals surface area contributed by atoms with Crippen molar-refractivity contribution in [1.29, 1.82) is 0 Å². The fraction of sp³-hybridized carbons (Fsp3) is 0.500. The number of aromatic amines is 1. The SMILES string of the molecule is C[C@@H](N)Cc1cnc[nH]1.[Br-].[Br-]. The molecule has 1 atom stereocenters. The van der Waals surface area contributed by atoms with Crippen LogP contribution in [0.15, 0.2) is 12.5 Å². The van der Waals surface area contributed by atoms with Crippen molar-refractivity contribution in [2.45, 2.75) is 19.4 Å². The summed E-state index contributed by atoms with van der Waals surface area (Å²) in [7, 11) is 0. The zero-order chi connectivity index (χ0) is 6.69. The molecule has 0 fully saturated rings. The summed E-state index contributed by atoms with van der Waals surface area (Å²) in [6.45, 7) is 1.97. The minimum absolute atomic E-state index is 0. The lowest BCUT2D eigenvalue weighted by Crippen LogP contribution is -3.00. The average Bonchev–Trinajstić information content (AvgIpc) is 2.15. The largest absolute Gasteiger partial charge is 1.00 e. The molecule has 0 unspecified atom stereocenters. The van der Waals surface area contributed by atoms with Gasteiger partial charge in [-0.25, -0.2) is 4.98 Å². The number of rotatable bonds is 2. The first-order chi connectivity index (χ1) is 4.29. The zero-order valence-corrected chi connectivity index (χ0v) is 9.39. The van der Waals surface area contributed by atoms with Gasteiger partial charge >= 0.3 is 0 Å². The molecule has 1 rings (SSSR count). The molecule has 0 aliphatic carbocycles. The second-order valence-electron chi connectivity index (χ2n) is 2.26. The fourth-order valence-electron chi connectivity index (χ4n) is 0.743. The molecule has 0 aliphatic heterocycles.